The fraction of sp³-hybridized carbons (Fsp3) is 0.889. The van der Waals surface area contributed by atoms with Gasteiger partial charge in [0.25, 0.3) is 0 Å². The van der Waals surface area contributed by atoms with Crippen molar-refractivity contribution in [3.63, 3.8) is 0 Å². The average Bonchev–Trinajstić information content (AvgIpc) is 2.61. The van der Waals surface area contributed by atoms with E-state index in [0.717, 1.165) is 58.5 Å². The highest BCUT2D eigenvalue weighted by Crippen LogP contribution is 2.22. The molecule has 2 aliphatic rings. The van der Waals surface area contributed by atoms with E-state index in [1.165, 1.54) is 19.3 Å². The number of hydrogen-bond donors (Lipinski definition) is 1. The lowest BCUT2D eigenvalue weighted by Gasteiger charge is -2.34. The second kappa shape index (κ2) is 10.5. The number of carbonyl (C=O) groups is 1. The number of nitrogens with zero attached hydrogens (tertiary/aromatic N) is 4. The van der Waals surface area contributed by atoms with Crippen LogP contribution in [0.25, 0.3) is 0 Å². The molecule has 1 aliphatic carbocycles. The monoisotopic (exact) mass is 335 g/mol. The summed E-state index contributed by atoms with van der Waals surface area (Å²) in [5.74, 6) is 0. The van der Waals surface area contributed by atoms with Crippen LogP contribution in [0.15, 0.2) is 0 Å². The van der Waals surface area contributed by atoms with Gasteiger partial charge in [0, 0.05) is 45.3 Å². The molecular formula is C18H33N5O. The minimum atomic E-state index is 0.0236. The van der Waals surface area contributed by atoms with E-state index >= 15 is 0 Å². The third kappa shape index (κ3) is 6.29. The highest BCUT2D eigenvalue weighted by atomic mass is 16.2. The molecule has 0 radical (unpaired) electrons. The van der Waals surface area contributed by atoms with E-state index in [1.54, 1.807) is 0 Å². The van der Waals surface area contributed by atoms with Crippen LogP contribution in [0.5, 0.6) is 0 Å². The van der Waals surface area contributed by atoms with Crippen molar-refractivity contribution in [1.82, 2.24) is 20.0 Å². The molecule has 2 fully saturated rings. The Kier molecular flexibility index (Phi) is 8.34. The molecule has 6 nitrogen and oxygen atoms in total. The molecule has 1 N–H and O–H groups in total. The molecule has 2 rings (SSSR count). The van der Waals surface area contributed by atoms with Gasteiger partial charge in [0.2, 0.25) is 0 Å². The van der Waals surface area contributed by atoms with Gasteiger partial charge in [-0.05, 0) is 32.9 Å². The number of nitrogens with one attached hydrogen (secondary N) is 1. The van der Waals surface area contributed by atoms with E-state index < -0.39 is 0 Å². The Morgan fingerprint density at radius 2 is 1.92 bits per heavy atom. The van der Waals surface area contributed by atoms with Gasteiger partial charge in [0.15, 0.2) is 0 Å². The van der Waals surface area contributed by atoms with Crippen LogP contribution in [-0.4, -0.2) is 79.6 Å². The summed E-state index contributed by atoms with van der Waals surface area (Å²) in [7, 11) is 2.17. The van der Waals surface area contributed by atoms with Gasteiger partial charge >= 0.3 is 6.03 Å². The second-order valence-electron chi connectivity index (χ2n) is 7.12. The molecule has 0 aromatic heterocycles. The molecule has 1 saturated heterocycles. The van der Waals surface area contributed by atoms with Crippen LogP contribution in [-0.2, 0) is 0 Å². The summed E-state index contributed by atoms with van der Waals surface area (Å²) >= 11 is 0. The lowest BCUT2D eigenvalue weighted by molar-refractivity contribution is 0.148. The van der Waals surface area contributed by atoms with Crippen LogP contribution in [0.3, 0.4) is 0 Å². The normalized spacial score (nSPS) is 20.5. The lowest BCUT2D eigenvalue weighted by Crippen LogP contribution is -2.48. The third-order valence-corrected chi connectivity index (χ3v) is 5.26. The van der Waals surface area contributed by atoms with Gasteiger partial charge in [-0.15, -0.1) is 0 Å². The van der Waals surface area contributed by atoms with Crippen molar-refractivity contribution in [2.75, 3.05) is 52.9 Å². The first kappa shape index (κ1) is 19.0. The van der Waals surface area contributed by atoms with E-state index in [9.17, 15) is 4.79 Å². The molecular weight excluding hydrogens is 302 g/mol. The maximum absolute atomic E-state index is 12.5. The Labute approximate surface area is 146 Å². The largest absolute Gasteiger partial charge is 0.338 e. The number of hydrogen-bond acceptors (Lipinski definition) is 4. The van der Waals surface area contributed by atoms with Crippen molar-refractivity contribution in [2.45, 2.75) is 51.0 Å². The van der Waals surface area contributed by atoms with Gasteiger partial charge in [0.05, 0.1) is 12.5 Å². The lowest BCUT2D eigenvalue weighted by atomic mass is 9.94. The quantitative estimate of drug-likeness (QED) is 0.722. The molecule has 0 aromatic carbocycles. The summed E-state index contributed by atoms with van der Waals surface area (Å²) < 4.78 is 0. The van der Waals surface area contributed by atoms with E-state index in [1.807, 2.05) is 4.90 Å². The van der Waals surface area contributed by atoms with Crippen LogP contribution >= 0.6 is 0 Å². The van der Waals surface area contributed by atoms with Crippen molar-refractivity contribution in [3.05, 3.63) is 0 Å². The maximum Gasteiger partial charge on any atom is 0.317 e. The topological polar surface area (TPSA) is 62.6 Å². The highest BCUT2D eigenvalue weighted by Gasteiger charge is 2.24. The number of amides is 2. The number of nitriles is 1. The molecule has 1 aliphatic heterocycles. The number of carbonyl (C=O) groups excluding carboxylic acids is 1. The first-order chi connectivity index (χ1) is 11.7. The Hall–Kier alpha value is -1.32. The minimum Gasteiger partial charge on any atom is -0.338 e. The van der Waals surface area contributed by atoms with Crippen LogP contribution in [0, 0.1) is 11.3 Å². The van der Waals surface area contributed by atoms with Crippen LogP contribution in [0.1, 0.15) is 44.9 Å². The first-order valence-electron chi connectivity index (χ1n) is 9.53. The molecule has 0 spiro atoms. The van der Waals surface area contributed by atoms with Gasteiger partial charge in [-0.25, -0.2) is 4.79 Å². The maximum atomic E-state index is 12.5. The predicted octanol–water partition coefficient (Wildman–Crippen LogP) is 1.88. The summed E-state index contributed by atoms with van der Waals surface area (Å²) in [5, 5.41) is 11.9. The minimum absolute atomic E-state index is 0.0236. The van der Waals surface area contributed by atoms with E-state index in [2.05, 4.69) is 28.2 Å². The van der Waals surface area contributed by atoms with E-state index in [0.29, 0.717) is 19.0 Å². The molecule has 6 heteroatoms. The van der Waals surface area contributed by atoms with Gasteiger partial charge in [-0.1, -0.05) is 19.3 Å². The van der Waals surface area contributed by atoms with Gasteiger partial charge < -0.3 is 20.0 Å². The van der Waals surface area contributed by atoms with Gasteiger partial charge in [0.1, 0.15) is 0 Å². The highest BCUT2D eigenvalue weighted by molar-refractivity contribution is 5.74. The molecule has 0 aromatic rings. The number of rotatable bonds is 7. The molecule has 0 atom stereocenters. The molecule has 2 amide bonds. The van der Waals surface area contributed by atoms with E-state index in [4.69, 9.17) is 5.26 Å². The zero-order chi connectivity index (χ0) is 17.2. The standard InChI is InChI=1S/C18H33N5O/c1-21-13-15-22(16-14-21)11-6-10-20-18(24)23(12-5-9-19)17-7-3-2-4-8-17/h17H,2-8,10-16H2,1H3,(H,20,24). The van der Waals surface area contributed by atoms with Crippen molar-refractivity contribution in [3.8, 4) is 6.07 Å². The SMILES string of the molecule is CN1CCN(CCCNC(=O)N(CCC#N)C2CCCCC2)CC1. The fourth-order valence-electron chi connectivity index (χ4n) is 3.68. The number of urea groups is 1. The molecule has 24 heavy (non-hydrogen) atoms. The molecule has 1 heterocycles. The zero-order valence-electron chi connectivity index (χ0n) is 15.2. The molecule has 1 saturated carbocycles. The third-order valence-electron chi connectivity index (χ3n) is 5.26. The summed E-state index contributed by atoms with van der Waals surface area (Å²) in [5.41, 5.74) is 0. The van der Waals surface area contributed by atoms with Gasteiger partial charge in [-0.3, -0.25) is 0 Å². The molecule has 136 valence electrons. The van der Waals surface area contributed by atoms with Crippen LogP contribution < -0.4 is 5.32 Å². The summed E-state index contributed by atoms with van der Waals surface area (Å²) in [6.07, 6.45) is 7.25. The summed E-state index contributed by atoms with van der Waals surface area (Å²) in [6.45, 7) is 6.86. The molecule has 0 unspecified atom stereocenters. The van der Waals surface area contributed by atoms with Gasteiger partial charge in [-0.2, -0.15) is 5.26 Å². The van der Waals surface area contributed by atoms with Crippen molar-refractivity contribution in [2.24, 2.45) is 0 Å². The smallest absolute Gasteiger partial charge is 0.317 e. The van der Waals surface area contributed by atoms with Crippen LogP contribution in [0.4, 0.5) is 4.79 Å². The van der Waals surface area contributed by atoms with Crippen molar-refractivity contribution in [1.29, 1.82) is 5.26 Å². The summed E-state index contributed by atoms with van der Waals surface area (Å²) in [6, 6.07) is 2.52. The Balaban J connectivity index is 1.68. The summed E-state index contributed by atoms with van der Waals surface area (Å²) in [4.78, 5) is 19.3. The number of likely N-dealkylation sites (N-methyl/N-ethyl adjacent to an activating group) is 1. The number of piperazine rings is 1. The first-order valence-corrected chi connectivity index (χ1v) is 9.53. The Morgan fingerprint density at radius 1 is 1.21 bits per heavy atom. The Morgan fingerprint density at radius 3 is 2.58 bits per heavy atom. The zero-order valence-corrected chi connectivity index (χ0v) is 15.2. The van der Waals surface area contributed by atoms with Crippen molar-refractivity contribution >= 4 is 6.03 Å². The Bertz CT molecular complexity index is 408. The molecule has 0 bridgehead atoms. The van der Waals surface area contributed by atoms with Crippen LogP contribution in [0.2, 0.25) is 0 Å². The fourth-order valence-corrected chi connectivity index (χ4v) is 3.68. The van der Waals surface area contributed by atoms with E-state index in [-0.39, 0.29) is 6.03 Å². The average molecular weight is 335 g/mol. The van der Waals surface area contributed by atoms with Crippen molar-refractivity contribution < 1.29 is 4.79 Å². The predicted molar refractivity (Wildman–Crippen MR) is 95.8 cm³/mol. The second-order valence-corrected chi connectivity index (χ2v) is 7.12.